The van der Waals surface area contributed by atoms with Gasteiger partial charge in [-0.1, -0.05) is 26.7 Å². The van der Waals surface area contributed by atoms with Crippen LogP contribution in [0.1, 0.15) is 49.9 Å². The first-order valence-corrected chi connectivity index (χ1v) is 9.12. The standard InChI is InChI=1S/C20H29N3O2/c1-17(2)15-25-19-9-7-18(8-10-19)20(24)22-11-5-3-4-6-13-23-14-12-21-16-23/h7-10,12,14,16-17H,3-6,11,13,15H2,1-2H3,(H,22,24). The van der Waals surface area contributed by atoms with Crippen molar-refractivity contribution in [2.75, 3.05) is 13.2 Å². The summed E-state index contributed by atoms with van der Waals surface area (Å²) >= 11 is 0. The number of imidazole rings is 1. The van der Waals surface area contributed by atoms with Crippen LogP contribution in [0.4, 0.5) is 0 Å². The molecular weight excluding hydrogens is 314 g/mol. The number of carbonyl (C=O) groups excluding carboxylic acids is 1. The van der Waals surface area contributed by atoms with Gasteiger partial charge in [0.25, 0.3) is 5.91 Å². The van der Waals surface area contributed by atoms with Crippen LogP contribution in [0.2, 0.25) is 0 Å². The van der Waals surface area contributed by atoms with Crippen LogP contribution >= 0.6 is 0 Å². The third kappa shape index (κ3) is 7.42. The average Bonchev–Trinajstić information content (AvgIpc) is 3.13. The van der Waals surface area contributed by atoms with E-state index < -0.39 is 0 Å². The zero-order valence-corrected chi connectivity index (χ0v) is 15.3. The van der Waals surface area contributed by atoms with Gasteiger partial charge in [-0.2, -0.15) is 0 Å². The first kappa shape index (κ1) is 19.0. The zero-order chi connectivity index (χ0) is 17.9. The molecule has 0 aliphatic heterocycles. The molecule has 0 radical (unpaired) electrons. The number of unbranched alkanes of at least 4 members (excludes halogenated alkanes) is 3. The Hall–Kier alpha value is -2.30. The Morgan fingerprint density at radius 2 is 1.92 bits per heavy atom. The molecule has 1 amide bonds. The summed E-state index contributed by atoms with van der Waals surface area (Å²) in [6.45, 7) is 6.64. The van der Waals surface area contributed by atoms with E-state index >= 15 is 0 Å². The topological polar surface area (TPSA) is 56.1 Å². The second-order valence-corrected chi connectivity index (χ2v) is 6.70. The van der Waals surface area contributed by atoms with E-state index in [0.717, 1.165) is 44.5 Å². The quantitative estimate of drug-likeness (QED) is 0.629. The number of carbonyl (C=O) groups is 1. The number of hydrogen-bond donors (Lipinski definition) is 1. The summed E-state index contributed by atoms with van der Waals surface area (Å²) in [6.07, 6.45) is 10.1. The first-order chi connectivity index (χ1) is 12.1. The van der Waals surface area contributed by atoms with Crippen molar-refractivity contribution in [1.82, 2.24) is 14.9 Å². The molecule has 2 aromatic rings. The Bertz CT molecular complexity index is 606. The number of aromatic nitrogens is 2. The highest BCUT2D eigenvalue weighted by molar-refractivity contribution is 5.94. The van der Waals surface area contributed by atoms with Gasteiger partial charge in [-0.15, -0.1) is 0 Å². The maximum absolute atomic E-state index is 12.1. The van der Waals surface area contributed by atoms with Gasteiger partial charge in [-0.25, -0.2) is 4.98 Å². The molecule has 1 aromatic heterocycles. The first-order valence-electron chi connectivity index (χ1n) is 9.12. The maximum atomic E-state index is 12.1. The highest BCUT2D eigenvalue weighted by atomic mass is 16.5. The van der Waals surface area contributed by atoms with Crippen molar-refractivity contribution in [2.24, 2.45) is 5.92 Å². The Labute approximate surface area is 150 Å². The van der Waals surface area contributed by atoms with Crippen molar-refractivity contribution in [3.63, 3.8) is 0 Å². The lowest BCUT2D eigenvalue weighted by Crippen LogP contribution is -2.24. The van der Waals surface area contributed by atoms with E-state index in [0.29, 0.717) is 18.1 Å². The number of aryl methyl sites for hydroxylation is 1. The largest absolute Gasteiger partial charge is 0.493 e. The second kappa shape index (κ2) is 10.5. The molecule has 0 aliphatic rings. The van der Waals surface area contributed by atoms with Gasteiger partial charge in [0.2, 0.25) is 0 Å². The molecule has 1 N–H and O–H groups in total. The third-order valence-corrected chi connectivity index (χ3v) is 3.89. The molecule has 2 rings (SSSR count). The molecule has 1 heterocycles. The van der Waals surface area contributed by atoms with Crippen LogP contribution in [0.5, 0.6) is 5.75 Å². The highest BCUT2D eigenvalue weighted by Gasteiger charge is 2.05. The minimum atomic E-state index is -0.0196. The van der Waals surface area contributed by atoms with E-state index in [4.69, 9.17) is 4.74 Å². The van der Waals surface area contributed by atoms with Crippen LogP contribution in [-0.2, 0) is 6.54 Å². The molecule has 136 valence electrons. The summed E-state index contributed by atoms with van der Waals surface area (Å²) in [5.41, 5.74) is 0.678. The fraction of sp³-hybridized carbons (Fsp3) is 0.500. The van der Waals surface area contributed by atoms with E-state index in [-0.39, 0.29) is 5.91 Å². The molecule has 0 saturated heterocycles. The van der Waals surface area contributed by atoms with Crippen molar-refractivity contribution in [3.8, 4) is 5.75 Å². The van der Waals surface area contributed by atoms with Crippen LogP contribution in [-0.4, -0.2) is 28.6 Å². The predicted molar refractivity (Wildman–Crippen MR) is 99.8 cm³/mol. The van der Waals surface area contributed by atoms with Crippen molar-refractivity contribution in [1.29, 1.82) is 0 Å². The lowest BCUT2D eigenvalue weighted by atomic mass is 10.1. The van der Waals surface area contributed by atoms with Crippen molar-refractivity contribution in [3.05, 3.63) is 48.5 Å². The van der Waals surface area contributed by atoms with Gasteiger partial charge >= 0.3 is 0 Å². The molecule has 0 fully saturated rings. The minimum Gasteiger partial charge on any atom is -0.493 e. The molecule has 0 saturated carbocycles. The van der Waals surface area contributed by atoms with Gasteiger partial charge in [0, 0.05) is 31.0 Å². The van der Waals surface area contributed by atoms with Gasteiger partial charge in [0.15, 0.2) is 0 Å². The Morgan fingerprint density at radius 1 is 1.16 bits per heavy atom. The average molecular weight is 343 g/mol. The van der Waals surface area contributed by atoms with Gasteiger partial charge < -0.3 is 14.6 Å². The number of hydrogen-bond acceptors (Lipinski definition) is 3. The fourth-order valence-corrected chi connectivity index (χ4v) is 2.46. The van der Waals surface area contributed by atoms with Crippen molar-refractivity contribution < 1.29 is 9.53 Å². The third-order valence-electron chi connectivity index (χ3n) is 3.89. The van der Waals surface area contributed by atoms with Crippen molar-refractivity contribution >= 4 is 5.91 Å². The van der Waals surface area contributed by atoms with Crippen LogP contribution in [0, 0.1) is 5.92 Å². The summed E-state index contributed by atoms with van der Waals surface area (Å²) in [6, 6.07) is 7.34. The van der Waals surface area contributed by atoms with Crippen LogP contribution in [0.25, 0.3) is 0 Å². The number of benzene rings is 1. The zero-order valence-electron chi connectivity index (χ0n) is 15.3. The molecule has 25 heavy (non-hydrogen) atoms. The van der Waals surface area contributed by atoms with Crippen LogP contribution in [0.3, 0.4) is 0 Å². The molecule has 0 atom stereocenters. The van der Waals surface area contributed by atoms with E-state index in [1.165, 1.54) is 0 Å². The van der Waals surface area contributed by atoms with E-state index in [1.807, 2.05) is 36.8 Å². The Balaban J connectivity index is 1.56. The summed E-state index contributed by atoms with van der Waals surface area (Å²) in [7, 11) is 0. The minimum absolute atomic E-state index is 0.0196. The second-order valence-electron chi connectivity index (χ2n) is 6.70. The van der Waals surface area contributed by atoms with Gasteiger partial charge in [-0.3, -0.25) is 4.79 Å². The van der Waals surface area contributed by atoms with E-state index in [1.54, 1.807) is 6.20 Å². The Morgan fingerprint density at radius 3 is 2.60 bits per heavy atom. The molecule has 0 bridgehead atoms. The fourth-order valence-electron chi connectivity index (χ4n) is 2.46. The normalized spacial score (nSPS) is 10.8. The summed E-state index contributed by atoms with van der Waals surface area (Å²) in [4.78, 5) is 16.1. The molecule has 5 nitrogen and oxygen atoms in total. The molecule has 0 spiro atoms. The van der Waals surface area contributed by atoms with Gasteiger partial charge in [-0.05, 0) is 43.0 Å². The molecule has 1 aromatic carbocycles. The number of amides is 1. The van der Waals surface area contributed by atoms with Gasteiger partial charge in [0.1, 0.15) is 5.75 Å². The predicted octanol–water partition coefficient (Wildman–Crippen LogP) is 3.91. The number of nitrogens with zero attached hydrogens (tertiary/aromatic N) is 2. The van der Waals surface area contributed by atoms with Gasteiger partial charge in [0.05, 0.1) is 12.9 Å². The number of ether oxygens (including phenoxy) is 1. The lowest BCUT2D eigenvalue weighted by Gasteiger charge is -2.09. The smallest absolute Gasteiger partial charge is 0.251 e. The summed E-state index contributed by atoms with van der Waals surface area (Å²) in [5.74, 6) is 1.28. The summed E-state index contributed by atoms with van der Waals surface area (Å²) in [5, 5.41) is 2.98. The lowest BCUT2D eigenvalue weighted by molar-refractivity contribution is 0.0953. The van der Waals surface area contributed by atoms with Crippen LogP contribution < -0.4 is 10.1 Å². The highest BCUT2D eigenvalue weighted by Crippen LogP contribution is 2.13. The van der Waals surface area contributed by atoms with Crippen molar-refractivity contribution in [2.45, 2.75) is 46.1 Å². The SMILES string of the molecule is CC(C)COc1ccc(C(=O)NCCCCCCn2ccnc2)cc1. The number of rotatable bonds is 11. The van der Waals surface area contributed by atoms with Crippen LogP contribution in [0.15, 0.2) is 43.0 Å². The molecule has 5 heteroatoms. The maximum Gasteiger partial charge on any atom is 0.251 e. The molecule has 0 aliphatic carbocycles. The van der Waals surface area contributed by atoms with E-state index in [2.05, 4.69) is 28.7 Å². The Kier molecular flexibility index (Phi) is 8.02. The van der Waals surface area contributed by atoms with E-state index in [9.17, 15) is 4.79 Å². The summed E-state index contributed by atoms with van der Waals surface area (Å²) < 4.78 is 7.72. The molecule has 0 unspecified atom stereocenters. The molecular formula is C20H29N3O2. The monoisotopic (exact) mass is 343 g/mol. The number of nitrogens with one attached hydrogen (secondary N) is 1.